The highest BCUT2D eigenvalue weighted by atomic mass is 32.2. The summed E-state index contributed by atoms with van der Waals surface area (Å²) in [6.07, 6.45) is 2.33. The summed E-state index contributed by atoms with van der Waals surface area (Å²) in [6, 6.07) is 13.3. The first-order valence-corrected chi connectivity index (χ1v) is 12.8. The lowest BCUT2D eigenvalue weighted by Gasteiger charge is -2.38. The van der Waals surface area contributed by atoms with Gasteiger partial charge in [-0.05, 0) is 55.0 Å². The van der Waals surface area contributed by atoms with Crippen molar-refractivity contribution in [3.05, 3.63) is 59.7 Å². The standard InChI is InChI=1S/C21H26O6S2/c1-15-18(13-8-14-19(15)26-2)21(29(24,25)17-11-5-4-6-12-17)20(16-9-7-10-16)27-28(3,22)23/h4-6,8,11-14,16,20-21H,7,9-10H2,1-3H3. The van der Waals surface area contributed by atoms with Crippen LogP contribution in [0.15, 0.2) is 53.4 Å². The van der Waals surface area contributed by atoms with Gasteiger partial charge in [0.2, 0.25) is 0 Å². The molecule has 0 heterocycles. The van der Waals surface area contributed by atoms with Crippen LogP contribution >= 0.6 is 0 Å². The molecule has 0 spiro atoms. The Morgan fingerprint density at radius 3 is 2.14 bits per heavy atom. The van der Waals surface area contributed by atoms with E-state index >= 15 is 0 Å². The molecule has 0 aromatic heterocycles. The molecule has 3 rings (SSSR count). The van der Waals surface area contributed by atoms with E-state index in [0.29, 0.717) is 16.9 Å². The number of benzene rings is 2. The van der Waals surface area contributed by atoms with Crippen molar-refractivity contribution in [1.29, 1.82) is 0 Å². The second-order valence-electron chi connectivity index (χ2n) is 7.41. The van der Waals surface area contributed by atoms with E-state index < -0.39 is 31.3 Å². The lowest BCUT2D eigenvalue weighted by Crippen LogP contribution is -2.40. The zero-order chi connectivity index (χ0) is 21.2. The first-order valence-electron chi connectivity index (χ1n) is 9.46. The minimum atomic E-state index is -3.94. The van der Waals surface area contributed by atoms with Crippen LogP contribution in [0.25, 0.3) is 0 Å². The Balaban J connectivity index is 2.23. The smallest absolute Gasteiger partial charge is 0.264 e. The fourth-order valence-electron chi connectivity index (χ4n) is 3.78. The third-order valence-corrected chi connectivity index (χ3v) is 8.15. The molecule has 2 aromatic carbocycles. The van der Waals surface area contributed by atoms with Gasteiger partial charge in [-0.2, -0.15) is 8.42 Å². The fourth-order valence-corrected chi connectivity index (χ4v) is 6.58. The van der Waals surface area contributed by atoms with Gasteiger partial charge >= 0.3 is 0 Å². The lowest BCUT2D eigenvalue weighted by atomic mass is 9.78. The third kappa shape index (κ3) is 4.65. The van der Waals surface area contributed by atoms with E-state index in [1.54, 1.807) is 43.3 Å². The van der Waals surface area contributed by atoms with E-state index in [1.807, 2.05) is 0 Å². The van der Waals surface area contributed by atoms with E-state index in [4.69, 9.17) is 8.92 Å². The summed E-state index contributed by atoms with van der Waals surface area (Å²) in [5, 5.41) is -1.17. The topological polar surface area (TPSA) is 86.7 Å². The second kappa shape index (κ2) is 8.45. The van der Waals surface area contributed by atoms with Crippen LogP contribution in [0.3, 0.4) is 0 Å². The number of hydrogen-bond donors (Lipinski definition) is 0. The van der Waals surface area contributed by atoms with Crippen molar-refractivity contribution in [3.8, 4) is 5.75 Å². The quantitative estimate of drug-likeness (QED) is 0.585. The Morgan fingerprint density at radius 2 is 1.62 bits per heavy atom. The van der Waals surface area contributed by atoms with E-state index in [-0.39, 0.29) is 10.8 Å². The molecule has 0 radical (unpaired) electrons. The van der Waals surface area contributed by atoms with Crippen molar-refractivity contribution in [2.75, 3.05) is 13.4 Å². The van der Waals surface area contributed by atoms with E-state index in [2.05, 4.69) is 0 Å². The lowest BCUT2D eigenvalue weighted by molar-refractivity contribution is 0.0860. The molecule has 1 aliphatic carbocycles. The predicted molar refractivity (Wildman–Crippen MR) is 111 cm³/mol. The van der Waals surface area contributed by atoms with Gasteiger partial charge in [-0.25, -0.2) is 8.42 Å². The summed E-state index contributed by atoms with van der Waals surface area (Å²) >= 11 is 0. The average Bonchev–Trinajstić information content (AvgIpc) is 2.61. The molecule has 158 valence electrons. The van der Waals surface area contributed by atoms with E-state index in [0.717, 1.165) is 25.5 Å². The molecular formula is C21H26O6S2. The van der Waals surface area contributed by atoms with Crippen molar-refractivity contribution in [3.63, 3.8) is 0 Å². The van der Waals surface area contributed by atoms with Gasteiger partial charge < -0.3 is 4.74 Å². The fraction of sp³-hybridized carbons (Fsp3) is 0.429. The second-order valence-corrected chi connectivity index (χ2v) is 11.1. The highest BCUT2D eigenvalue weighted by Crippen LogP contribution is 2.45. The summed E-state index contributed by atoms with van der Waals surface area (Å²) in [5.41, 5.74) is 1.15. The van der Waals surface area contributed by atoms with Crippen molar-refractivity contribution < 1.29 is 25.8 Å². The monoisotopic (exact) mass is 438 g/mol. The first kappa shape index (κ1) is 21.8. The van der Waals surface area contributed by atoms with Crippen LogP contribution in [-0.4, -0.2) is 36.3 Å². The first-order chi connectivity index (χ1) is 13.6. The molecule has 2 aromatic rings. The molecule has 29 heavy (non-hydrogen) atoms. The van der Waals surface area contributed by atoms with Gasteiger partial charge in [0.05, 0.1) is 18.3 Å². The van der Waals surface area contributed by atoms with Crippen molar-refractivity contribution in [2.24, 2.45) is 5.92 Å². The van der Waals surface area contributed by atoms with Crippen molar-refractivity contribution in [2.45, 2.75) is 42.4 Å². The number of rotatable bonds is 8. The molecule has 1 aliphatic rings. The number of sulfone groups is 1. The van der Waals surface area contributed by atoms with Crippen molar-refractivity contribution in [1.82, 2.24) is 0 Å². The number of ether oxygens (including phenoxy) is 1. The summed E-state index contributed by atoms with van der Waals surface area (Å²) in [4.78, 5) is 0.133. The molecule has 0 saturated heterocycles. The Hall–Kier alpha value is -1.90. The molecule has 0 amide bonds. The molecule has 2 atom stereocenters. The Bertz CT molecular complexity index is 1060. The van der Waals surface area contributed by atoms with Gasteiger partial charge in [0.15, 0.2) is 9.84 Å². The zero-order valence-electron chi connectivity index (χ0n) is 16.7. The predicted octanol–water partition coefficient (Wildman–Crippen LogP) is 3.66. The Labute approximate surface area is 172 Å². The van der Waals surface area contributed by atoms with Crippen LogP contribution in [-0.2, 0) is 24.1 Å². The molecule has 0 N–H and O–H groups in total. The van der Waals surface area contributed by atoms with Crippen LogP contribution in [0.4, 0.5) is 0 Å². The third-order valence-electron chi connectivity index (χ3n) is 5.46. The van der Waals surface area contributed by atoms with E-state index in [9.17, 15) is 16.8 Å². The van der Waals surface area contributed by atoms with Crippen LogP contribution in [0, 0.1) is 12.8 Å². The van der Waals surface area contributed by atoms with Gasteiger partial charge in [-0.3, -0.25) is 4.18 Å². The molecule has 0 bridgehead atoms. The average molecular weight is 439 g/mol. The molecular weight excluding hydrogens is 412 g/mol. The maximum Gasteiger partial charge on any atom is 0.264 e. The number of hydrogen-bond acceptors (Lipinski definition) is 6. The summed E-state index contributed by atoms with van der Waals surface area (Å²) in [5.74, 6) is 0.390. The minimum absolute atomic E-state index is 0.133. The van der Waals surface area contributed by atoms with Crippen molar-refractivity contribution >= 4 is 20.0 Å². The maximum absolute atomic E-state index is 13.7. The zero-order valence-corrected chi connectivity index (χ0v) is 18.4. The van der Waals surface area contributed by atoms with Gasteiger partial charge in [0, 0.05) is 0 Å². The normalized spacial score (nSPS) is 17.3. The van der Waals surface area contributed by atoms with Crippen LogP contribution in [0.1, 0.15) is 35.6 Å². The largest absolute Gasteiger partial charge is 0.496 e. The summed E-state index contributed by atoms with van der Waals surface area (Å²) in [7, 11) is -6.29. The van der Waals surface area contributed by atoms with Gasteiger partial charge in [0.1, 0.15) is 17.1 Å². The highest BCUT2D eigenvalue weighted by Gasteiger charge is 2.45. The van der Waals surface area contributed by atoms with E-state index in [1.165, 1.54) is 19.2 Å². The Kier molecular flexibility index (Phi) is 6.36. The number of methoxy groups -OCH3 is 1. The van der Waals surface area contributed by atoms with Gasteiger partial charge in [0.25, 0.3) is 10.1 Å². The maximum atomic E-state index is 13.7. The van der Waals surface area contributed by atoms with Gasteiger partial charge in [-0.1, -0.05) is 36.8 Å². The molecule has 1 saturated carbocycles. The molecule has 1 fully saturated rings. The summed E-state index contributed by atoms with van der Waals surface area (Å²) in [6.45, 7) is 1.78. The molecule has 8 heteroatoms. The Morgan fingerprint density at radius 1 is 0.966 bits per heavy atom. The summed E-state index contributed by atoms with van der Waals surface area (Å²) < 4.78 is 62.4. The van der Waals surface area contributed by atoms with Crippen LogP contribution in [0.2, 0.25) is 0 Å². The molecule has 2 unspecified atom stereocenters. The van der Waals surface area contributed by atoms with Crippen LogP contribution in [0.5, 0.6) is 5.75 Å². The minimum Gasteiger partial charge on any atom is -0.496 e. The molecule has 0 aliphatic heterocycles. The van der Waals surface area contributed by atoms with Crippen LogP contribution < -0.4 is 4.74 Å². The highest BCUT2D eigenvalue weighted by molar-refractivity contribution is 7.91. The molecule has 6 nitrogen and oxygen atoms in total. The van der Waals surface area contributed by atoms with Gasteiger partial charge in [-0.15, -0.1) is 0 Å². The SMILES string of the molecule is COc1cccc(C(C(OS(C)(=O)=O)C2CCC2)S(=O)(=O)c2ccccc2)c1C.